The number of hydrogen-bond donors (Lipinski definition) is 3. The van der Waals surface area contributed by atoms with Crippen molar-refractivity contribution in [3.63, 3.8) is 0 Å². The van der Waals surface area contributed by atoms with Crippen LogP contribution in [0, 0.1) is 0 Å². The van der Waals surface area contributed by atoms with E-state index in [9.17, 15) is 4.79 Å². The first-order valence-electron chi connectivity index (χ1n) is 5.00. The number of anilines is 1. The first-order valence-corrected chi connectivity index (χ1v) is 6.13. The van der Waals surface area contributed by atoms with Crippen LogP contribution in [0.3, 0.4) is 0 Å². The minimum Gasteiger partial charge on any atom is -0.480 e. The zero-order valence-corrected chi connectivity index (χ0v) is 12.1. The number of aliphatic carboxylic acids is 1. The summed E-state index contributed by atoms with van der Waals surface area (Å²) in [5, 5.41) is 15.0. The largest absolute Gasteiger partial charge is 0.480 e. The number of halogens is 3. The quantitative estimate of drug-likeness (QED) is 0.740. The molecule has 0 bridgehead atoms. The van der Waals surface area contributed by atoms with Crippen LogP contribution in [-0.4, -0.2) is 32.9 Å². The number of nitrogen functional groups attached to an aromatic ring is 1. The van der Waals surface area contributed by atoms with E-state index in [4.69, 9.17) is 50.4 Å². The Kier molecular flexibility index (Phi) is 6.37. The Morgan fingerprint density at radius 2 is 1.95 bits per heavy atom. The molecule has 0 amide bonds. The molecule has 7 nitrogen and oxygen atoms in total. The van der Waals surface area contributed by atoms with Gasteiger partial charge in [-0.05, 0) is 6.07 Å². The van der Waals surface area contributed by atoms with Crippen LogP contribution in [0.25, 0.3) is 0 Å². The number of nitrogens with zero attached hydrogens (tertiary/aromatic N) is 2. The molecular weight excluding hydrogens is 330 g/mol. The molecule has 0 atom stereocenters. The molecule has 2 aromatic rings. The number of nitrogens with two attached hydrogens (primary N) is 1. The molecule has 0 aliphatic rings. The van der Waals surface area contributed by atoms with Gasteiger partial charge in [-0.2, -0.15) is 5.10 Å². The summed E-state index contributed by atoms with van der Waals surface area (Å²) in [6, 6.07) is 2.76. The van der Waals surface area contributed by atoms with Crippen LogP contribution in [0.15, 0.2) is 18.5 Å². The summed E-state index contributed by atoms with van der Waals surface area (Å²) in [5.74, 6) is -0.536. The second kappa shape index (κ2) is 7.78. The lowest BCUT2D eigenvalue weighted by molar-refractivity contribution is -0.139. The number of benzene rings is 1. The fourth-order valence-electron chi connectivity index (χ4n) is 0.969. The standard InChI is InChI=1S/C8H5Cl3O3.C2H4N4/c9-4-1-6(11)7(2-5(4)10)14-3-8(12)13;3-2-4-1-5-6-2/h1-2H,3H2,(H,12,13);1H,(H3,3,4,5,6). The van der Waals surface area contributed by atoms with Crippen molar-refractivity contribution < 1.29 is 14.6 Å². The Morgan fingerprint density at radius 1 is 1.30 bits per heavy atom. The molecule has 4 N–H and O–H groups in total. The summed E-state index contributed by atoms with van der Waals surface area (Å²) in [5.41, 5.74) is 5.05. The van der Waals surface area contributed by atoms with Crippen LogP contribution >= 0.6 is 34.8 Å². The topological polar surface area (TPSA) is 114 Å². The molecule has 0 spiro atoms. The number of ether oxygens (including phenoxy) is 1. The average molecular weight is 340 g/mol. The Balaban J connectivity index is 0.000000276. The number of hydrogen-bond acceptors (Lipinski definition) is 5. The van der Waals surface area contributed by atoms with Gasteiger partial charge in [0.15, 0.2) is 6.61 Å². The number of carboxylic acid groups (broad SMARTS) is 1. The molecule has 2 rings (SSSR count). The fraction of sp³-hybridized carbons (Fsp3) is 0.100. The molecule has 0 radical (unpaired) electrons. The van der Waals surface area contributed by atoms with Gasteiger partial charge in [0.25, 0.3) is 0 Å². The van der Waals surface area contributed by atoms with E-state index in [1.165, 1.54) is 18.5 Å². The summed E-state index contributed by atoms with van der Waals surface area (Å²) in [7, 11) is 0. The number of aromatic nitrogens is 3. The highest BCUT2D eigenvalue weighted by Gasteiger charge is 2.08. The molecule has 0 saturated carbocycles. The van der Waals surface area contributed by atoms with Crippen LogP contribution in [0.5, 0.6) is 5.75 Å². The summed E-state index contributed by atoms with van der Waals surface area (Å²) in [4.78, 5) is 13.7. The maximum Gasteiger partial charge on any atom is 0.341 e. The minimum atomic E-state index is -1.09. The zero-order valence-electron chi connectivity index (χ0n) is 9.81. The number of carboxylic acids is 1. The van der Waals surface area contributed by atoms with Crippen molar-refractivity contribution in [1.82, 2.24) is 15.2 Å². The van der Waals surface area contributed by atoms with Gasteiger partial charge in [-0.1, -0.05) is 34.8 Å². The molecule has 10 heteroatoms. The van der Waals surface area contributed by atoms with E-state index in [-0.39, 0.29) is 15.8 Å². The number of nitrogens with one attached hydrogen (secondary N) is 1. The monoisotopic (exact) mass is 338 g/mol. The van der Waals surface area contributed by atoms with Crippen LogP contribution < -0.4 is 10.5 Å². The number of rotatable bonds is 3. The van der Waals surface area contributed by atoms with Crippen molar-refractivity contribution in [1.29, 1.82) is 0 Å². The van der Waals surface area contributed by atoms with Gasteiger partial charge in [0.1, 0.15) is 12.1 Å². The Morgan fingerprint density at radius 3 is 2.40 bits per heavy atom. The summed E-state index contributed by atoms with van der Waals surface area (Å²) < 4.78 is 4.86. The van der Waals surface area contributed by atoms with Crippen molar-refractivity contribution in [2.75, 3.05) is 12.3 Å². The van der Waals surface area contributed by atoms with E-state index >= 15 is 0 Å². The molecule has 1 heterocycles. The zero-order chi connectivity index (χ0) is 15.1. The second-order valence-electron chi connectivity index (χ2n) is 3.25. The molecule has 0 aliphatic heterocycles. The Labute approximate surface area is 128 Å². The van der Waals surface area contributed by atoms with E-state index in [0.717, 1.165) is 0 Å². The van der Waals surface area contributed by atoms with Crippen molar-refractivity contribution >= 4 is 46.7 Å². The highest BCUT2D eigenvalue weighted by molar-refractivity contribution is 6.43. The number of H-pyrrole nitrogens is 1. The molecule has 1 aromatic heterocycles. The van der Waals surface area contributed by atoms with E-state index in [2.05, 4.69) is 15.2 Å². The van der Waals surface area contributed by atoms with Crippen LogP contribution in [0.2, 0.25) is 15.1 Å². The van der Waals surface area contributed by atoms with Gasteiger partial charge in [0.2, 0.25) is 5.95 Å². The van der Waals surface area contributed by atoms with Gasteiger partial charge < -0.3 is 15.6 Å². The SMILES string of the molecule is Nc1ncn[nH]1.O=C(O)COc1cc(Cl)c(Cl)cc1Cl. The van der Waals surface area contributed by atoms with Crippen LogP contribution in [0.1, 0.15) is 0 Å². The normalized spacial score (nSPS) is 9.55. The Bertz CT molecular complexity index is 577. The molecule has 1 aromatic carbocycles. The van der Waals surface area contributed by atoms with E-state index in [0.29, 0.717) is 11.0 Å². The van der Waals surface area contributed by atoms with Crippen molar-refractivity contribution in [3.05, 3.63) is 33.5 Å². The van der Waals surface area contributed by atoms with Crippen molar-refractivity contribution in [2.24, 2.45) is 0 Å². The summed E-state index contributed by atoms with van der Waals surface area (Å²) in [6.07, 6.45) is 1.36. The van der Waals surface area contributed by atoms with Crippen molar-refractivity contribution in [2.45, 2.75) is 0 Å². The predicted molar refractivity (Wildman–Crippen MR) is 75.4 cm³/mol. The van der Waals surface area contributed by atoms with Crippen molar-refractivity contribution in [3.8, 4) is 5.75 Å². The number of carbonyl (C=O) groups is 1. The first-order chi connectivity index (χ1) is 9.40. The molecule has 0 fully saturated rings. The van der Waals surface area contributed by atoms with Gasteiger partial charge in [0, 0.05) is 6.07 Å². The highest BCUT2D eigenvalue weighted by atomic mass is 35.5. The van der Waals surface area contributed by atoms with Gasteiger partial charge in [-0.15, -0.1) is 0 Å². The first kappa shape index (κ1) is 16.4. The highest BCUT2D eigenvalue weighted by Crippen LogP contribution is 2.33. The summed E-state index contributed by atoms with van der Waals surface area (Å²) in [6.45, 7) is -0.475. The smallest absolute Gasteiger partial charge is 0.341 e. The maximum atomic E-state index is 10.2. The third kappa shape index (κ3) is 5.52. The predicted octanol–water partition coefficient (Wildman–Crippen LogP) is 2.50. The molecule has 20 heavy (non-hydrogen) atoms. The van der Waals surface area contributed by atoms with Gasteiger partial charge in [0.05, 0.1) is 15.1 Å². The van der Waals surface area contributed by atoms with Crippen LogP contribution in [0.4, 0.5) is 5.95 Å². The molecule has 0 aliphatic carbocycles. The third-order valence-corrected chi connectivity index (χ3v) is 2.78. The van der Waals surface area contributed by atoms with E-state index in [1.807, 2.05) is 0 Å². The molecule has 108 valence electrons. The van der Waals surface area contributed by atoms with Crippen LogP contribution in [-0.2, 0) is 4.79 Å². The van der Waals surface area contributed by atoms with Gasteiger partial charge >= 0.3 is 5.97 Å². The lowest BCUT2D eigenvalue weighted by Gasteiger charge is -2.06. The average Bonchev–Trinajstić information content (AvgIpc) is 2.84. The van der Waals surface area contributed by atoms with Gasteiger partial charge in [-0.3, -0.25) is 0 Å². The molecular formula is C10H9Cl3N4O3. The summed E-state index contributed by atoms with van der Waals surface area (Å²) >= 11 is 17.1. The molecule has 0 saturated heterocycles. The van der Waals surface area contributed by atoms with Gasteiger partial charge in [-0.25, -0.2) is 14.9 Å². The minimum absolute atomic E-state index is 0.198. The van der Waals surface area contributed by atoms with E-state index < -0.39 is 12.6 Å². The number of aromatic amines is 1. The lowest BCUT2D eigenvalue weighted by atomic mass is 10.3. The maximum absolute atomic E-state index is 10.2. The fourth-order valence-corrected chi connectivity index (χ4v) is 1.56. The third-order valence-electron chi connectivity index (χ3n) is 1.76. The Hall–Kier alpha value is -1.70. The second-order valence-corrected chi connectivity index (χ2v) is 4.47. The lowest BCUT2D eigenvalue weighted by Crippen LogP contribution is -2.09. The van der Waals surface area contributed by atoms with E-state index in [1.54, 1.807) is 0 Å². The molecule has 0 unspecified atom stereocenters.